The van der Waals surface area contributed by atoms with E-state index < -0.39 is 18.2 Å². The Morgan fingerprint density at radius 1 is 1.18 bits per heavy atom. The largest absolute Gasteiger partial charge is 0.493 e. The molecule has 1 heterocycles. The lowest BCUT2D eigenvalue weighted by atomic mass is 9.87. The molecule has 4 rings (SSSR count). The number of nitrogens with zero attached hydrogens (tertiary/aromatic N) is 1. The molecule has 10 nitrogen and oxygen atoms in total. The average molecular weight is 659 g/mol. The molecule has 1 saturated heterocycles. The summed E-state index contributed by atoms with van der Waals surface area (Å²) in [5.74, 6) is 0.263. The molecule has 0 bridgehead atoms. The van der Waals surface area contributed by atoms with Gasteiger partial charge in [-0.05, 0) is 72.0 Å². The molecule has 0 aromatic heterocycles. The van der Waals surface area contributed by atoms with E-state index >= 15 is 0 Å². The zero-order valence-corrected chi connectivity index (χ0v) is 24.5. The average Bonchev–Trinajstić information content (AvgIpc) is 3.67. The molecule has 11 heteroatoms. The van der Waals surface area contributed by atoms with Crippen LogP contribution in [-0.4, -0.2) is 89.8 Å². The molecule has 2 aliphatic carbocycles. The van der Waals surface area contributed by atoms with Crippen molar-refractivity contribution >= 4 is 34.4 Å². The maximum absolute atomic E-state index is 13.8. The van der Waals surface area contributed by atoms with Gasteiger partial charge in [0.15, 0.2) is 11.5 Å². The Morgan fingerprint density at radius 2 is 1.95 bits per heavy atom. The normalized spacial score (nSPS) is 25.3. The fourth-order valence-electron chi connectivity index (χ4n) is 5.70. The molecule has 0 unspecified atom stereocenters. The van der Waals surface area contributed by atoms with Crippen molar-refractivity contribution in [3.8, 4) is 11.5 Å². The summed E-state index contributed by atoms with van der Waals surface area (Å²) in [6.45, 7) is 0.706. The highest BCUT2D eigenvalue weighted by Gasteiger charge is 2.43. The molecule has 216 valence electrons. The van der Waals surface area contributed by atoms with E-state index in [4.69, 9.17) is 14.2 Å². The van der Waals surface area contributed by atoms with E-state index in [0.717, 1.165) is 38.5 Å². The van der Waals surface area contributed by atoms with Gasteiger partial charge in [-0.2, -0.15) is 0 Å². The van der Waals surface area contributed by atoms with Gasteiger partial charge in [-0.3, -0.25) is 9.59 Å². The molecular weight excluding hydrogens is 619 g/mol. The molecule has 1 aromatic carbocycles. The summed E-state index contributed by atoms with van der Waals surface area (Å²) in [5, 5.41) is 33.2. The van der Waals surface area contributed by atoms with Gasteiger partial charge < -0.3 is 39.7 Å². The molecule has 4 N–H and O–H groups in total. The van der Waals surface area contributed by atoms with Gasteiger partial charge in [0.2, 0.25) is 11.8 Å². The SMILES string of the molecule is COc1cc(CO)cc(I)c1O[C@H]1C=C(C(=O)NCCO)C[C@@H](N(C[C@@H]2CCCO2)C(=O)C2CCCC2)[C@@H]1O. The van der Waals surface area contributed by atoms with Crippen molar-refractivity contribution < 1.29 is 39.1 Å². The number of aliphatic hydroxyl groups excluding tert-OH is 3. The molecule has 2 fully saturated rings. The number of aliphatic hydroxyl groups is 3. The number of carbonyl (C=O) groups is 2. The minimum absolute atomic E-state index is 0.0118. The van der Waals surface area contributed by atoms with E-state index in [-0.39, 0.29) is 50.0 Å². The van der Waals surface area contributed by atoms with Crippen molar-refractivity contribution in [2.75, 3.05) is 33.4 Å². The fraction of sp³-hybridized carbons (Fsp3) is 0.643. The Bertz CT molecular complexity index is 1040. The van der Waals surface area contributed by atoms with Gasteiger partial charge >= 0.3 is 0 Å². The quantitative estimate of drug-likeness (QED) is 0.265. The van der Waals surface area contributed by atoms with E-state index in [0.29, 0.717) is 39.4 Å². The standard InChI is InChI=1S/C28H39IN2O8/c1-37-24-12-17(16-33)11-21(29)26(24)39-23-14-19(27(35)30-8-9-32)13-22(25(23)34)31(15-20-7-4-10-38-20)28(36)18-5-2-3-6-18/h11-12,14,18,20,22-23,25,32-34H,2-10,13,15-16H2,1H3,(H,30,35)/t20-,22+,23-,25-/m0/s1. The highest BCUT2D eigenvalue weighted by atomic mass is 127. The first-order valence-corrected chi connectivity index (χ1v) is 14.8. The number of nitrogens with one attached hydrogen (secondary N) is 1. The lowest BCUT2D eigenvalue weighted by Crippen LogP contribution is -2.57. The molecule has 1 saturated carbocycles. The number of hydrogen-bond acceptors (Lipinski definition) is 8. The lowest BCUT2D eigenvalue weighted by molar-refractivity contribution is -0.145. The topological polar surface area (TPSA) is 138 Å². The van der Waals surface area contributed by atoms with Crippen LogP contribution in [0.3, 0.4) is 0 Å². The van der Waals surface area contributed by atoms with Crippen LogP contribution < -0.4 is 14.8 Å². The van der Waals surface area contributed by atoms with Crippen LogP contribution in [0.5, 0.6) is 11.5 Å². The van der Waals surface area contributed by atoms with E-state index in [1.807, 2.05) is 0 Å². The van der Waals surface area contributed by atoms with Crippen molar-refractivity contribution in [1.29, 1.82) is 0 Å². The monoisotopic (exact) mass is 658 g/mol. The maximum atomic E-state index is 13.8. The van der Waals surface area contributed by atoms with Crippen LogP contribution >= 0.6 is 22.6 Å². The van der Waals surface area contributed by atoms with Crippen molar-refractivity contribution in [3.63, 3.8) is 0 Å². The van der Waals surface area contributed by atoms with E-state index in [2.05, 4.69) is 27.9 Å². The maximum Gasteiger partial charge on any atom is 0.247 e. The highest BCUT2D eigenvalue weighted by Crippen LogP contribution is 2.38. The summed E-state index contributed by atoms with van der Waals surface area (Å²) in [7, 11) is 1.49. The van der Waals surface area contributed by atoms with Gasteiger partial charge in [0.25, 0.3) is 0 Å². The second kappa shape index (κ2) is 14.1. The molecular formula is C28H39IN2O8. The number of rotatable bonds is 11. The van der Waals surface area contributed by atoms with E-state index in [1.165, 1.54) is 7.11 Å². The summed E-state index contributed by atoms with van der Waals surface area (Å²) in [5.41, 5.74) is 1.02. The fourth-order valence-corrected chi connectivity index (χ4v) is 6.49. The third-order valence-electron chi connectivity index (χ3n) is 7.75. The number of hydrogen-bond donors (Lipinski definition) is 4. The van der Waals surface area contributed by atoms with Crippen molar-refractivity contribution in [3.05, 3.63) is 32.9 Å². The van der Waals surface area contributed by atoms with Crippen LogP contribution in [0.1, 0.15) is 50.5 Å². The number of halogens is 1. The van der Waals surface area contributed by atoms with Gasteiger partial charge in [0, 0.05) is 37.6 Å². The van der Waals surface area contributed by atoms with Gasteiger partial charge in [0.05, 0.1) is 36.0 Å². The third-order valence-corrected chi connectivity index (χ3v) is 8.55. The molecule has 2 amide bonds. The number of carbonyl (C=O) groups excluding carboxylic acids is 2. The van der Waals surface area contributed by atoms with Crippen molar-refractivity contribution in [2.45, 2.75) is 75.9 Å². The Kier molecular flexibility index (Phi) is 10.9. The zero-order valence-electron chi connectivity index (χ0n) is 22.3. The molecule has 39 heavy (non-hydrogen) atoms. The second-order valence-electron chi connectivity index (χ2n) is 10.4. The molecule has 0 radical (unpaired) electrons. The highest BCUT2D eigenvalue weighted by molar-refractivity contribution is 14.1. The third kappa shape index (κ3) is 7.24. The zero-order chi connectivity index (χ0) is 27.9. The van der Waals surface area contributed by atoms with Crippen LogP contribution in [0.2, 0.25) is 0 Å². The number of methoxy groups -OCH3 is 1. The van der Waals surface area contributed by atoms with Crippen LogP contribution in [0, 0.1) is 9.49 Å². The van der Waals surface area contributed by atoms with Crippen molar-refractivity contribution in [1.82, 2.24) is 10.2 Å². The summed E-state index contributed by atoms with van der Waals surface area (Å²) in [6.07, 6.45) is 4.94. The van der Waals surface area contributed by atoms with Gasteiger partial charge in [-0.1, -0.05) is 12.8 Å². The Morgan fingerprint density at radius 3 is 2.59 bits per heavy atom. The van der Waals surface area contributed by atoms with Crippen LogP contribution in [-0.2, 0) is 20.9 Å². The lowest BCUT2D eigenvalue weighted by Gasteiger charge is -2.42. The van der Waals surface area contributed by atoms with Gasteiger partial charge in [-0.25, -0.2) is 0 Å². The first-order valence-electron chi connectivity index (χ1n) is 13.7. The van der Waals surface area contributed by atoms with Gasteiger partial charge in [0.1, 0.15) is 12.2 Å². The summed E-state index contributed by atoms with van der Waals surface area (Å²) in [6, 6.07) is 2.72. The number of ether oxygens (including phenoxy) is 3. The Hall–Kier alpha value is -1.93. The number of amides is 2. The predicted octanol–water partition coefficient (Wildman–Crippen LogP) is 1.91. The summed E-state index contributed by atoms with van der Waals surface area (Å²) in [4.78, 5) is 28.6. The Labute approximate surface area is 242 Å². The molecule has 0 spiro atoms. The van der Waals surface area contributed by atoms with E-state index in [9.17, 15) is 24.9 Å². The van der Waals surface area contributed by atoms with Crippen LogP contribution in [0.25, 0.3) is 0 Å². The molecule has 4 atom stereocenters. The smallest absolute Gasteiger partial charge is 0.247 e. The minimum Gasteiger partial charge on any atom is -0.493 e. The number of benzene rings is 1. The van der Waals surface area contributed by atoms with Crippen LogP contribution in [0.4, 0.5) is 0 Å². The molecule has 1 aliphatic heterocycles. The predicted molar refractivity (Wildman–Crippen MR) is 151 cm³/mol. The first kappa shape index (κ1) is 30.0. The molecule has 1 aromatic rings. The van der Waals surface area contributed by atoms with E-state index in [1.54, 1.807) is 23.1 Å². The minimum atomic E-state index is -1.12. The second-order valence-corrected chi connectivity index (χ2v) is 11.6. The van der Waals surface area contributed by atoms with Crippen LogP contribution in [0.15, 0.2) is 23.8 Å². The van der Waals surface area contributed by atoms with Gasteiger partial charge in [-0.15, -0.1) is 0 Å². The summed E-state index contributed by atoms with van der Waals surface area (Å²) >= 11 is 2.08. The summed E-state index contributed by atoms with van der Waals surface area (Å²) < 4.78 is 18.4. The first-order chi connectivity index (χ1) is 18.9. The van der Waals surface area contributed by atoms with Crippen molar-refractivity contribution in [2.24, 2.45) is 5.92 Å². The Balaban J connectivity index is 1.68. The molecule has 3 aliphatic rings.